The molecule has 0 aromatic heterocycles. The SMILES string of the molecule is COC(=O)CCC(=O)N1CCN(C(=O)CCc2ccccc2F)CC1. The van der Waals surface area contributed by atoms with Crippen molar-refractivity contribution in [1.82, 2.24) is 9.80 Å². The van der Waals surface area contributed by atoms with Crippen LogP contribution in [0.5, 0.6) is 0 Å². The minimum Gasteiger partial charge on any atom is -0.469 e. The van der Waals surface area contributed by atoms with E-state index in [1.165, 1.54) is 13.2 Å². The van der Waals surface area contributed by atoms with Crippen molar-refractivity contribution in [1.29, 1.82) is 0 Å². The Morgan fingerprint density at radius 2 is 1.52 bits per heavy atom. The number of halogens is 1. The van der Waals surface area contributed by atoms with Crippen LogP contribution in [-0.2, 0) is 25.5 Å². The van der Waals surface area contributed by atoms with E-state index >= 15 is 0 Å². The zero-order chi connectivity index (χ0) is 18.2. The summed E-state index contributed by atoms with van der Waals surface area (Å²) < 4.78 is 18.1. The van der Waals surface area contributed by atoms with Gasteiger partial charge < -0.3 is 14.5 Å². The average Bonchev–Trinajstić information content (AvgIpc) is 2.65. The van der Waals surface area contributed by atoms with Gasteiger partial charge in [-0.05, 0) is 18.1 Å². The zero-order valence-electron chi connectivity index (χ0n) is 14.4. The lowest BCUT2D eigenvalue weighted by molar-refractivity contribution is -0.144. The summed E-state index contributed by atoms with van der Waals surface area (Å²) >= 11 is 0. The van der Waals surface area contributed by atoms with Crippen LogP contribution in [0.4, 0.5) is 4.39 Å². The van der Waals surface area contributed by atoms with Crippen LogP contribution in [0.3, 0.4) is 0 Å². The number of ether oxygens (including phenoxy) is 1. The molecule has 0 N–H and O–H groups in total. The van der Waals surface area contributed by atoms with E-state index in [1.54, 1.807) is 28.0 Å². The van der Waals surface area contributed by atoms with Crippen LogP contribution in [0, 0.1) is 5.82 Å². The fourth-order valence-corrected chi connectivity index (χ4v) is 2.78. The molecule has 7 heteroatoms. The Bertz CT molecular complexity index is 627. The molecule has 0 radical (unpaired) electrons. The molecule has 1 heterocycles. The Kier molecular flexibility index (Phi) is 6.91. The molecule has 1 aliphatic heterocycles. The Morgan fingerprint density at radius 1 is 0.960 bits per heavy atom. The van der Waals surface area contributed by atoms with Gasteiger partial charge in [-0.15, -0.1) is 0 Å². The van der Waals surface area contributed by atoms with Crippen molar-refractivity contribution in [2.24, 2.45) is 0 Å². The topological polar surface area (TPSA) is 66.9 Å². The second-order valence-corrected chi connectivity index (χ2v) is 5.93. The molecule has 1 aromatic rings. The molecule has 2 rings (SSSR count). The highest BCUT2D eigenvalue weighted by Crippen LogP contribution is 2.12. The van der Waals surface area contributed by atoms with Crippen LogP contribution in [0.15, 0.2) is 24.3 Å². The van der Waals surface area contributed by atoms with E-state index in [-0.39, 0.29) is 36.9 Å². The lowest BCUT2D eigenvalue weighted by Gasteiger charge is -2.35. The van der Waals surface area contributed by atoms with Gasteiger partial charge in [0.2, 0.25) is 11.8 Å². The van der Waals surface area contributed by atoms with Gasteiger partial charge in [0, 0.05) is 39.0 Å². The summed E-state index contributed by atoms with van der Waals surface area (Å²) in [5.41, 5.74) is 0.535. The first kappa shape index (κ1) is 18.9. The molecule has 0 saturated carbocycles. The molecular weight excluding hydrogens is 327 g/mol. The van der Waals surface area contributed by atoms with Gasteiger partial charge in [0.15, 0.2) is 0 Å². The summed E-state index contributed by atoms with van der Waals surface area (Å²) in [6.45, 7) is 1.82. The first-order valence-electron chi connectivity index (χ1n) is 8.37. The van der Waals surface area contributed by atoms with Gasteiger partial charge in [-0.2, -0.15) is 0 Å². The summed E-state index contributed by atoms with van der Waals surface area (Å²) in [5.74, 6) is -0.847. The number of hydrogen-bond acceptors (Lipinski definition) is 4. The lowest BCUT2D eigenvalue weighted by atomic mass is 10.1. The quantitative estimate of drug-likeness (QED) is 0.727. The number of methoxy groups -OCH3 is 1. The zero-order valence-corrected chi connectivity index (χ0v) is 14.4. The third-order valence-corrected chi connectivity index (χ3v) is 4.32. The molecule has 6 nitrogen and oxygen atoms in total. The van der Waals surface area contributed by atoms with Crippen molar-refractivity contribution in [3.05, 3.63) is 35.6 Å². The van der Waals surface area contributed by atoms with Gasteiger partial charge in [-0.1, -0.05) is 18.2 Å². The molecule has 1 saturated heterocycles. The van der Waals surface area contributed by atoms with E-state index < -0.39 is 5.97 Å². The number of aryl methyl sites for hydroxylation is 1. The second kappa shape index (κ2) is 9.15. The van der Waals surface area contributed by atoms with E-state index in [2.05, 4.69) is 4.74 Å². The van der Waals surface area contributed by atoms with Crippen LogP contribution in [-0.4, -0.2) is 60.9 Å². The van der Waals surface area contributed by atoms with Crippen LogP contribution in [0.1, 0.15) is 24.8 Å². The number of piperazine rings is 1. The van der Waals surface area contributed by atoms with Crippen LogP contribution in [0.2, 0.25) is 0 Å². The third-order valence-electron chi connectivity index (χ3n) is 4.32. The number of esters is 1. The first-order chi connectivity index (χ1) is 12.0. The molecule has 1 aliphatic rings. The predicted molar refractivity (Wildman–Crippen MR) is 89.1 cm³/mol. The number of rotatable bonds is 6. The maximum absolute atomic E-state index is 13.6. The number of benzene rings is 1. The molecule has 0 spiro atoms. The highest BCUT2D eigenvalue weighted by atomic mass is 19.1. The smallest absolute Gasteiger partial charge is 0.306 e. The molecule has 1 fully saturated rings. The van der Waals surface area contributed by atoms with Gasteiger partial charge in [-0.25, -0.2) is 4.39 Å². The number of hydrogen-bond donors (Lipinski definition) is 0. The van der Waals surface area contributed by atoms with Crippen molar-refractivity contribution >= 4 is 17.8 Å². The van der Waals surface area contributed by atoms with Crippen LogP contribution >= 0.6 is 0 Å². The molecule has 0 atom stereocenters. The molecular formula is C18H23FN2O4. The molecule has 2 amide bonds. The van der Waals surface area contributed by atoms with E-state index in [0.29, 0.717) is 38.2 Å². The maximum Gasteiger partial charge on any atom is 0.306 e. The highest BCUT2D eigenvalue weighted by Gasteiger charge is 2.24. The minimum atomic E-state index is -0.407. The van der Waals surface area contributed by atoms with E-state index in [0.717, 1.165) is 0 Å². The van der Waals surface area contributed by atoms with Crippen molar-refractivity contribution in [3.63, 3.8) is 0 Å². The molecule has 0 unspecified atom stereocenters. The standard InChI is InChI=1S/C18H23FN2O4/c1-25-18(24)9-8-17(23)21-12-10-20(11-13-21)16(22)7-6-14-4-2-3-5-15(14)19/h2-5H,6-13H2,1H3. The Hall–Kier alpha value is -2.44. The van der Waals surface area contributed by atoms with Crippen molar-refractivity contribution in [2.45, 2.75) is 25.7 Å². The van der Waals surface area contributed by atoms with Crippen molar-refractivity contribution in [3.8, 4) is 0 Å². The molecule has 0 bridgehead atoms. The predicted octanol–water partition coefficient (Wildman–Crippen LogP) is 1.38. The normalized spacial score (nSPS) is 14.3. The largest absolute Gasteiger partial charge is 0.469 e. The second-order valence-electron chi connectivity index (χ2n) is 5.93. The average molecular weight is 350 g/mol. The number of carbonyl (C=O) groups is 3. The Morgan fingerprint density at radius 3 is 2.08 bits per heavy atom. The van der Waals surface area contributed by atoms with Gasteiger partial charge in [-0.3, -0.25) is 14.4 Å². The van der Waals surface area contributed by atoms with Gasteiger partial charge in [0.1, 0.15) is 5.82 Å². The van der Waals surface area contributed by atoms with E-state index in [9.17, 15) is 18.8 Å². The summed E-state index contributed by atoms with van der Waals surface area (Å²) in [7, 11) is 1.29. The summed E-state index contributed by atoms with van der Waals surface area (Å²) in [5, 5.41) is 0. The molecule has 25 heavy (non-hydrogen) atoms. The van der Waals surface area contributed by atoms with Crippen molar-refractivity contribution < 1.29 is 23.5 Å². The Balaban J connectivity index is 1.74. The highest BCUT2D eigenvalue weighted by molar-refractivity contribution is 5.82. The molecule has 0 aliphatic carbocycles. The number of carbonyl (C=O) groups excluding carboxylic acids is 3. The van der Waals surface area contributed by atoms with Crippen LogP contribution < -0.4 is 0 Å². The fourth-order valence-electron chi connectivity index (χ4n) is 2.78. The van der Waals surface area contributed by atoms with E-state index in [4.69, 9.17) is 0 Å². The number of amides is 2. The van der Waals surface area contributed by atoms with Gasteiger partial charge in [0.25, 0.3) is 0 Å². The summed E-state index contributed by atoms with van der Waals surface area (Å²) in [6, 6.07) is 6.44. The molecule has 136 valence electrons. The first-order valence-corrected chi connectivity index (χ1v) is 8.37. The number of nitrogens with zero attached hydrogens (tertiary/aromatic N) is 2. The molecule has 1 aromatic carbocycles. The third kappa shape index (κ3) is 5.55. The van der Waals surface area contributed by atoms with Gasteiger partial charge >= 0.3 is 5.97 Å². The summed E-state index contributed by atoms with van der Waals surface area (Å²) in [4.78, 5) is 38.7. The fraction of sp³-hybridized carbons (Fsp3) is 0.500. The van der Waals surface area contributed by atoms with Crippen molar-refractivity contribution in [2.75, 3.05) is 33.3 Å². The van der Waals surface area contributed by atoms with E-state index in [1.807, 2.05) is 0 Å². The summed E-state index contributed by atoms with van der Waals surface area (Å²) in [6.07, 6.45) is 0.798. The minimum absolute atomic E-state index is 0.0371. The Labute approximate surface area is 146 Å². The van der Waals surface area contributed by atoms with Crippen LogP contribution in [0.25, 0.3) is 0 Å². The maximum atomic E-state index is 13.6. The monoisotopic (exact) mass is 350 g/mol. The van der Waals surface area contributed by atoms with Gasteiger partial charge in [0.05, 0.1) is 13.5 Å². The lowest BCUT2D eigenvalue weighted by Crippen LogP contribution is -2.50.